The van der Waals surface area contributed by atoms with Crippen LogP contribution in [0.3, 0.4) is 0 Å². The van der Waals surface area contributed by atoms with Gasteiger partial charge in [0, 0.05) is 24.2 Å². The lowest BCUT2D eigenvalue weighted by molar-refractivity contribution is 0.0706. The van der Waals surface area contributed by atoms with Gasteiger partial charge in [-0.05, 0) is 35.4 Å². The second kappa shape index (κ2) is 8.98. The number of hydroxylamine groups is 1. The molecule has 3 aromatic rings. The number of nitrogens with zero attached hydrogens (tertiary/aromatic N) is 1. The summed E-state index contributed by atoms with van der Waals surface area (Å²) in [4.78, 5) is 14.2. The highest BCUT2D eigenvalue weighted by Gasteiger charge is 2.27. The molecule has 6 nitrogen and oxygen atoms in total. The largest absolute Gasteiger partial charge is 0.497 e. The number of hydrogen-bond donors (Lipinski definition) is 2. The molecule has 1 heterocycles. The number of fused-ring (bicyclic) bond motifs is 1. The van der Waals surface area contributed by atoms with Crippen molar-refractivity contribution in [1.82, 2.24) is 10.4 Å². The van der Waals surface area contributed by atoms with Crippen molar-refractivity contribution in [3.8, 4) is 11.5 Å². The van der Waals surface area contributed by atoms with Crippen molar-refractivity contribution >= 4 is 5.91 Å². The summed E-state index contributed by atoms with van der Waals surface area (Å²) in [5, 5.41) is 8.92. The number of rotatable bonds is 5. The van der Waals surface area contributed by atoms with E-state index in [4.69, 9.17) is 14.7 Å². The molecule has 1 aliphatic heterocycles. The Morgan fingerprint density at radius 2 is 1.90 bits per heavy atom. The highest BCUT2D eigenvalue weighted by Crippen LogP contribution is 2.33. The summed E-state index contributed by atoms with van der Waals surface area (Å²) in [6.07, 6.45) is 0. The average Bonchev–Trinajstić information content (AvgIpc) is 2.98. The Morgan fingerprint density at radius 1 is 1.13 bits per heavy atom. The minimum Gasteiger partial charge on any atom is -0.497 e. The topological polar surface area (TPSA) is 71.0 Å². The molecule has 1 aliphatic rings. The molecule has 1 unspecified atom stereocenters. The first-order valence-electron chi connectivity index (χ1n) is 9.80. The minimum absolute atomic E-state index is 0.0517. The summed E-state index contributed by atoms with van der Waals surface area (Å²) in [5.41, 5.74) is 5.38. The van der Waals surface area contributed by atoms with Crippen LogP contribution < -0.4 is 15.0 Å². The summed E-state index contributed by atoms with van der Waals surface area (Å²) in [6.45, 7) is 1.87. The lowest BCUT2D eigenvalue weighted by Crippen LogP contribution is -2.30. The molecule has 0 spiro atoms. The Hall–Kier alpha value is -3.35. The second-order valence-electron chi connectivity index (χ2n) is 7.25. The van der Waals surface area contributed by atoms with Crippen molar-refractivity contribution < 1.29 is 19.5 Å². The van der Waals surface area contributed by atoms with Crippen LogP contribution in [0.15, 0.2) is 72.8 Å². The molecule has 1 amide bonds. The number of methoxy groups -OCH3 is 1. The van der Waals surface area contributed by atoms with Crippen LogP contribution in [0.2, 0.25) is 0 Å². The van der Waals surface area contributed by atoms with Gasteiger partial charge in [0.15, 0.2) is 0 Å². The Balaban J connectivity index is 1.66. The van der Waals surface area contributed by atoms with Gasteiger partial charge in [0.25, 0.3) is 5.91 Å². The van der Waals surface area contributed by atoms with Gasteiger partial charge < -0.3 is 9.47 Å². The third kappa shape index (κ3) is 4.30. The molecular formula is C24H24N2O4. The van der Waals surface area contributed by atoms with Gasteiger partial charge in [0.2, 0.25) is 0 Å². The molecule has 0 saturated heterocycles. The summed E-state index contributed by atoms with van der Waals surface area (Å²) >= 11 is 0. The molecule has 0 saturated carbocycles. The number of ether oxygens (including phenoxy) is 2. The Morgan fingerprint density at radius 3 is 2.60 bits per heavy atom. The predicted octanol–water partition coefficient (Wildman–Crippen LogP) is 3.95. The van der Waals surface area contributed by atoms with Gasteiger partial charge in [-0.1, -0.05) is 48.5 Å². The monoisotopic (exact) mass is 404 g/mol. The van der Waals surface area contributed by atoms with E-state index in [-0.39, 0.29) is 6.04 Å². The van der Waals surface area contributed by atoms with Crippen molar-refractivity contribution in [2.24, 2.45) is 0 Å². The van der Waals surface area contributed by atoms with Crippen LogP contribution in [0, 0.1) is 0 Å². The maximum atomic E-state index is 11.8. The van der Waals surface area contributed by atoms with E-state index in [2.05, 4.69) is 29.2 Å². The van der Waals surface area contributed by atoms with Crippen molar-refractivity contribution in [2.75, 3.05) is 13.7 Å². The molecule has 0 aliphatic carbocycles. The predicted molar refractivity (Wildman–Crippen MR) is 113 cm³/mol. The van der Waals surface area contributed by atoms with E-state index in [1.165, 1.54) is 11.1 Å². The summed E-state index contributed by atoms with van der Waals surface area (Å²) < 4.78 is 11.4. The zero-order chi connectivity index (χ0) is 20.9. The van der Waals surface area contributed by atoms with E-state index in [9.17, 15) is 4.79 Å². The van der Waals surface area contributed by atoms with E-state index in [0.29, 0.717) is 24.5 Å². The Labute approximate surface area is 175 Å². The number of carbonyl (C=O) groups is 1. The van der Waals surface area contributed by atoms with Crippen molar-refractivity contribution in [2.45, 2.75) is 19.1 Å². The van der Waals surface area contributed by atoms with Gasteiger partial charge in [-0.3, -0.25) is 14.9 Å². The van der Waals surface area contributed by atoms with Crippen molar-refractivity contribution in [3.05, 3.63) is 95.1 Å². The van der Waals surface area contributed by atoms with Crippen molar-refractivity contribution in [3.63, 3.8) is 0 Å². The molecule has 0 radical (unpaired) electrons. The van der Waals surface area contributed by atoms with Crippen LogP contribution in [-0.2, 0) is 13.1 Å². The van der Waals surface area contributed by atoms with Gasteiger partial charge in [-0.2, -0.15) is 0 Å². The van der Waals surface area contributed by atoms with Gasteiger partial charge in [-0.15, -0.1) is 0 Å². The van der Waals surface area contributed by atoms with Crippen molar-refractivity contribution in [1.29, 1.82) is 0 Å². The molecule has 3 aromatic carbocycles. The van der Waals surface area contributed by atoms with Crippen LogP contribution in [0.4, 0.5) is 0 Å². The fraction of sp³-hybridized carbons (Fsp3) is 0.208. The highest BCUT2D eigenvalue weighted by molar-refractivity contribution is 5.93. The number of benzene rings is 3. The summed E-state index contributed by atoms with van der Waals surface area (Å²) in [6, 6.07) is 23.7. The molecule has 0 aromatic heterocycles. The number of amides is 1. The SMILES string of the molecule is COc1ccc(CN2Cc3ccc(C(=O)NO)cc3OCC2c2ccccc2)cc1. The summed E-state index contributed by atoms with van der Waals surface area (Å²) in [7, 11) is 1.66. The zero-order valence-corrected chi connectivity index (χ0v) is 16.7. The third-order valence-electron chi connectivity index (χ3n) is 5.37. The third-order valence-corrected chi connectivity index (χ3v) is 5.37. The van der Waals surface area contributed by atoms with E-state index >= 15 is 0 Å². The van der Waals surface area contributed by atoms with Gasteiger partial charge in [0.05, 0.1) is 13.2 Å². The Kier molecular flexibility index (Phi) is 5.97. The van der Waals surface area contributed by atoms with Crippen LogP contribution in [0.25, 0.3) is 0 Å². The molecule has 0 fully saturated rings. The van der Waals surface area contributed by atoms with Gasteiger partial charge >= 0.3 is 0 Å². The fourth-order valence-electron chi connectivity index (χ4n) is 3.74. The molecule has 1 atom stereocenters. The normalized spacial score (nSPS) is 16.1. The standard InChI is InChI=1S/C24H24N2O4/c1-29-21-11-7-17(8-12-21)14-26-15-20-10-9-19(24(27)25-28)13-23(20)30-16-22(26)18-5-3-2-4-6-18/h2-13,22,28H,14-16H2,1H3,(H,25,27). The van der Waals surface area contributed by atoms with E-state index in [0.717, 1.165) is 17.9 Å². The van der Waals surface area contributed by atoms with Crippen LogP contribution in [0.5, 0.6) is 11.5 Å². The molecule has 2 N–H and O–H groups in total. The maximum Gasteiger partial charge on any atom is 0.274 e. The molecule has 6 heteroatoms. The molecule has 0 bridgehead atoms. The van der Waals surface area contributed by atoms with E-state index in [1.54, 1.807) is 24.7 Å². The number of nitrogens with one attached hydrogen (secondary N) is 1. The smallest absolute Gasteiger partial charge is 0.274 e. The second-order valence-corrected chi connectivity index (χ2v) is 7.25. The Bertz CT molecular complexity index is 1010. The number of hydrogen-bond acceptors (Lipinski definition) is 5. The van der Waals surface area contributed by atoms with Crippen LogP contribution >= 0.6 is 0 Å². The quantitative estimate of drug-likeness (QED) is 0.498. The molecule has 4 rings (SSSR count). The number of carbonyl (C=O) groups excluding carboxylic acids is 1. The van der Waals surface area contributed by atoms with E-state index in [1.807, 2.05) is 36.4 Å². The zero-order valence-electron chi connectivity index (χ0n) is 16.7. The van der Waals surface area contributed by atoms with Crippen LogP contribution in [0.1, 0.15) is 33.1 Å². The van der Waals surface area contributed by atoms with Crippen LogP contribution in [-0.4, -0.2) is 29.7 Å². The molecule has 154 valence electrons. The lowest BCUT2D eigenvalue weighted by Gasteiger charge is -2.29. The van der Waals surface area contributed by atoms with E-state index < -0.39 is 5.91 Å². The lowest BCUT2D eigenvalue weighted by atomic mass is 10.0. The average molecular weight is 404 g/mol. The first kappa shape index (κ1) is 19.9. The first-order valence-corrected chi connectivity index (χ1v) is 9.80. The first-order chi connectivity index (χ1) is 14.7. The highest BCUT2D eigenvalue weighted by atomic mass is 16.5. The molecular weight excluding hydrogens is 380 g/mol. The summed E-state index contributed by atoms with van der Waals surface area (Å²) in [5.74, 6) is 0.937. The van der Waals surface area contributed by atoms with Gasteiger partial charge in [-0.25, -0.2) is 5.48 Å². The minimum atomic E-state index is -0.555. The molecule has 30 heavy (non-hydrogen) atoms. The maximum absolute atomic E-state index is 11.8. The fourth-order valence-corrected chi connectivity index (χ4v) is 3.74. The van der Waals surface area contributed by atoms with Gasteiger partial charge in [0.1, 0.15) is 18.1 Å².